The molecule has 2 nitrogen and oxygen atoms in total. The van der Waals surface area contributed by atoms with Gasteiger partial charge in [-0.25, -0.2) is 0 Å². The maximum absolute atomic E-state index is 5.99. The van der Waals surface area contributed by atoms with Crippen LogP contribution in [0.1, 0.15) is 17.0 Å². The first kappa shape index (κ1) is 13.8. The molecule has 2 aromatic carbocycles. The molecule has 1 unspecified atom stereocenters. The molecular formula is C16H14BrClO2. The van der Waals surface area contributed by atoms with E-state index in [4.69, 9.17) is 21.1 Å². The Morgan fingerprint density at radius 3 is 2.95 bits per heavy atom. The number of rotatable bonds is 4. The molecule has 20 heavy (non-hydrogen) atoms. The molecule has 104 valence electrons. The van der Waals surface area contributed by atoms with Gasteiger partial charge in [0.1, 0.15) is 11.5 Å². The SMILES string of the molecule is Clc1ccc(OCC2COc3ccccc32)c(CBr)c1. The fourth-order valence-electron chi connectivity index (χ4n) is 2.35. The molecule has 1 aliphatic heterocycles. The van der Waals surface area contributed by atoms with Gasteiger partial charge in [0, 0.05) is 21.5 Å². The van der Waals surface area contributed by atoms with Crippen molar-refractivity contribution < 1.29 is 9.47 Å². The Morgan fingerprint density at radius 2 is 2.10 bits per heavy atom. The topological polar surface area (TPSA) is 18.5 Å². The molecule has 2 aromatic rings. The van der Waals surface area contributed by atoms with Crippen LogP contribution in [-0.4, -0.2) is 13.2 Å². The number of para-hydroxylation sites is 1. The third-order valence-corrected chi connectivity index (χ3v) is 4.24. The van der Waals surface area contributed by atoms with Crippen molar-refractivity contribution >= 4 is 27.5 Å². The zero-order chi connectivity index (χ0) is 13.9. The minimum atomic E-state index is 0.282. The summed E-state index contributed by atoms with van der Waals surface area (Å²) in [6, 6.07) is 13.8. The van der Waals surface area contributed by atoms with Crippen LogP contribution in [0.5, 0.6) is 11.5 Å². The number of halogens is 2. The van der Waals surface area contributed by atoms with E-state index >= 15 is 0 Å². The van der Waals surface area contributed by atoms with E-state index in [9.17, 15) is 0 Å². The minimum absolute atomic E-state index is 0.282. The summed E-state index contributed by atoms with van der Waals surface area (Å²) in [5, 5.41) is 1.45. The van der Waals surface area contributed by atoms with Crippen LogP contribution in [-0.2, 0) is 5.33 Å². The number of fused-ring (bicyclic) bond motifs is 1. The fraction of sp³-hybridized carbons (Fsp3) is 0.250. The second kappa shape index (κ2) is 6.06. The Labute approximate surface area is 131 Å². The van der Waals surface area contributed by atoms with Crippen molar-refractivity contribution in [1.82, 2.24) is 0 Å². The largest absolute Gasteiger partial charge is 0.493 e. The predicted molar refractivity (Wildman–Crippen MR) is 84.3 cm³/mol. The van der Waals surface area contributed by atoms with Gasteiger partial charge < -0.3 is 9.47 Å². The van der Waals surface area contributed by atoms with E-state index in [-0.39, 0.29) is 5.92 Å². The van der Waals surface area contributed by atoms with Crippen molar-refractivity contribution in [3.05, 3.63) is 58.6 Å². The molecule has 0 bridgehead atoms. The Morgan fingerprint density at radius 1 is 1.25 bits per heavy atom. The van der Waals surface area contributed by atoms with Crippen molar-refractivity contribution in [2.75, 3.05) is 13.2 Å². The van der Waals surface area contributed by atoms with Gasteiger partial charge in [0.05, 0.1) is 19.1 Å². The second-order valence-electron chi connectivity index (χ2n) is 4.74. The van der Waals surface area contributed by atoms with Gasteiger partial charge in [-0.3, -0.25) is 0 Å². The molecule has 0 spiro atoms. The molecule has 1 aliphatic rings. The van der Waals surface area contributed by atoms with E-state index in [1.54, 1.807) is 0 Å². The van der Waals surface area contributed by atoms with Crippen LogP contribution >= 0.6 is 27.5 Å². The average molecular weight is 354 g/mol. The molecule has 3 rings (SSSR count). The highest BCUT2D eigenvalue weighted by molar-refractivity contribution is 9.08. The highest BCUT2D eigenvalue weighted by atomic mass is 79.9. The number of ether oxygens (including phenoxy) is 2. The van der Waals surface area contributed by atoms with Gasteiger partial charge in [-0.1, -0.05) is 45.7 Å². The minimum Gasteiger partial charge on any atom is -0.493 e. The van der Waals surface area contributed by atoms with Gasteiger partial charge in [-0.05, 0) is 24.3 Å². The van der Waals surface area contributed by atoms with Crippen molar-refractivity contribution in [3.8, 4) is 11.5 Å². The molecule has 0 aliphatic carbocycles. The van der Waals surface area contributed by atoms with Crippen LogP contribution in [0.2, 0.25) is 5.02 Å². The molecule has 4 heteroatoms. The summed E-state index contributed by atoms with van der Waals surface area (Å²) < 4.78 is 11.6. The Hall–Kier alpha value is -1.19. The molecule has 0 N–H and O–H groups in total. The van der Waals surface area contributed by atoms with Crippen molar-refractivity contribution in [1.29, 1.82) is 0 Å². The quantitative estimate of drug-likeness (QED) is 0.736. The molecule has 1 atom stereocenters. The van der Waals surface area contributed by atoms with E-state index in [1.165, 1.54) is 5.56 Å². The summed E-state index contributed by atoms with van der Waals surface area (Å²) in [5.74, 6) is 2.12. The van der Waals surface area contributed by atoms with Gasteiger partial charge in [-0.2, -0.15) is 0 Å². The third-order valence-electron chi connectivity index (χ3n) is 3.41. The lowest BCUT2D eigenvalue weighted by Gasteiger charge is -2.14. The van der Waals surface area contributed by atoms with E-state index in [1.807, 2.05) is 36.4 Å². The monoisotopic (exact) mass is 352 g/mol. The van der Waals surface area contributed by atoms with Crippen LogP contribution < -0.4 is 9.47 Å². The highest BCUT2D eigenvalue weighted by Gasteiger charge is 2.24. The summed E-state index contributed by atoms with van der Waals surface area (Å²) in [7, 11) is 0. The lowest BCUT2D eigenvalue weighted by atomic mass is 10.0. The van der Waals surface area contributed by atoms with E-state index in [0.717, 1.165) is 27.4 Å². The molecular weight excluding hydrogens is 340 g/mol. The first-order chi connectivity index (χ1) is 9.78. The normalized spacial score (nSPS) is 16.6. The Kier molecular flexibility index (Phi) is 4.18. The number of hydrogen-bond acceptors (Lipinski definition) is 2. The number of alkyl halides is 1. The highest BCUT2D eigenvalue weighted by Crippen LogP contribution is 2.34. The van der Waals surface area contributed by atoms with E-state index < -0.39 is 0 Å². The first-order valence-electron chi connectivity index (χ1n) is 6.47. The van der Waals surface area contributed by atoms with Crippen molar-refractivity contribution in [2.45, 2.75) is 11.2 Å². The summed E-state index contributed by atoms with van der Waals surface area (Å²) in [6.45, 7) is 1.29. The van der Waals surface area contributed by atoms with Gasteiger partial charge in [-0.15, -0.1) is 0 Å². The molecule has 0 saturated carbocycles. The van der Waals surface area contributed by atoms with Gasteiger partial charge in [0.25, 0.3) is 0 Å². The van der Waals surface area contributed by atoms with Crippen molar-refractivity contribution in [2.24, 2.45) is 0 Å². The Bertz CT molecular complexity index is 615. The lowest BCUT2D eigenvalue weighted by molar-refractivity contribution is 0.247. The van der Waals surface area contributed by atoms with Gasteiger partial charge in [0.15, 0.2) is 0 Å². The van der Waals surface area contributed by atoms with E-state index in [0.29, 0.717) is 13.2 Å². The third kappa shape index (κ3) is 2.79. The standard InChI is InChI=1S/C16H14BrClO2/c17-8-11-7-13(18)5-6-15(11)19-9-12-10-20-16-4-2-1-3-14(12)16/h1-7,12H,8-10H2. The van der Waals surface area contributed by atoms with Crippen LogP contribution in [0.25, 0.3) is 0 Å². The lowest BCUT2D eigenvalue weighted by Crippen LogP contribution is -2.12. The first-order valence-corrected chi connectivity index (χ1v) is 7.97. The zero-order valence-electron chi connectivity index (χ0n) is 10.8. The molecule has 0 saturated heterocycles. The summed E-state index contributed by atoms with van der Waals surface area (Å²) >= 11 is 9.45. The molecule has 0 aromatic heterocycles. The molecule has 1 heterocycles. The maximum atomic E-state index is 5.99. The summed E-state index contributed by atoms with van der Waals surface area (Å²) in [5.41, 5.74) is 2.28. The van der Waals surface area contributed by atoms with Gasteiger partial charge >= 0.3 is 0 Å². The predicted octanol–water partition coefficient (Wildman–Crippen LogP) is 4.79. The maximum Gasteiger partial charge on any atom is 0.123 e. The fourth-order valence-corrected chi connectivity index (χ4v) is 2.98. The zero-order valence-corrected chi connectivity index (χ0v) is 13.2. The average Bonchev–Trinajstić information content (AvgIpc) is 2.89. The summed E-state index contributed by atoms with van der Waals surface area (Å²) in [6.07, 6.45) is 0. The second-order valence-corrected chi connectivity index (χ2v) is 5.74. The number of hydrogen-bond donors (Lipinski definition) is 0. The molecule has 0 fully saturated rings. The van der Waals surface area contributed by atoms with Crippen molar-refractivity contribution in [3.63, 3.8) is 0 Å². The smallest absolute Gasteiger partial charge is 0.123 e. The van der Waals surface area contributed by atoms with Crippen LogP contribution in [0.4, 0.5) is 0 Å². The number of benzene rings is 2. The van der Waals surface area contributed by atoms with Crippen LogP contribution in [0.15, 0.2) is 42.5 Å². The molecule has 0 amide bonds. The summed E-state index contributed by atoms with van der Waals surface area (Å²) in [4.78, 5) is 0. The van der Waals surface area contributed by atoms with Crippen LogP contribution in [0, 0.1) is 0 Å². The Balaban J connectivity index is 1.72. The van der Waals surface area contributed by atoms with Gasteiger partial charge in [0.2, 0.25) is 0 Å². The van der Waals surface area contributed by atoms with Crippen LogP contribution in [0.3, 0.4) is 0 Å². The molecule has 0 radical (unpaired) electrons. The van der Waals surface area contributed by atoms with E-state index in [2.05, 4.69) is 22.0 Å².